The first-order valence-corrected chi connectivity index (χ1v) is 7.48. The minimum Gasteiger partial charge on any atom is -0.313 e. The van der Waals surface area contributed by atoms with Crippen LogP contribution in [0.4, 0.5) is 84.7 Å². The zero-order chi connectivity index (χ0) is 26.7. The molecule has 1 aromatic rings. The van der Waals surface area contributed by atoms with E-state index in [1.54, 1.807) is 0 Å². The molecular formula is C14H5F18N. The molecule has 0 aliphatic heterocycles. The van der Waals surface area contributed by atoms with Crippen molar-refractivity contribution >= 4 is 5.69 Å². The van der Waals surface area contributed by atoms with Crippen LogP contribution in [0.5, 0.6) is 0 Å². The molecule has 0 spiro atoms. The van der Waals surface area contributed by atoms with Gasteiger partial charge in [0.05, 0.1) is 0 Å². The molecular weight excluding hydrogens is 524 g/mol. The lowest BCUT2D eigenvalue weighted by atomic mass is 9.83. The molecule has 1 nitrogen and oxygen atoms in total. The molecule has 0 aliphatic rings. The maximum absolute atomic E-state index is 13.4. The van der Waals surface area contributed by atoms with E-state index in [1.807, 2.05) is 0 Å². The molecule has 192 valence electrons. The first-order chi connectivity index (χ1) is 14.2. The average molecular weight is 529 g/mol. The van der Waals surface area contributed by atoms with Gasteiger partial charge in [0.15, 0.2) is 0 Å². The molecule has 0 aromatic heterocycles. The summed E-state index contributed by atoms with van der Waals surface area (Å²) in [6.45, 7) is 0. The average Bonchev–Trinajstić information content (AvgIpc) is 2.47. The second kappa shape index (κ2) is 7.64. The highest BCUT2D eigenvalue weighted by atomic mass is 19.4. The van der Waals surface area contributed by atoms with Gasteiger partial charge in [-0.05, 0) is 12.1 Å². The predicted molar refractivity (Wildman–Crippen MR) is 70.7 cm³/mol. The van der Waals surface area contributed by atoms with Crippen molar-refractivity contribution in [3.63, 3.8) is 0 Å². The van der Waals surface area contributed by atoms with Crippen molar-refractivity contribution in [3.8, 4) is 0 Å². The van der Waals surface area contributed by atoms with E-state index in [0.717, 1.165) is 0 Å². The topological polar surface area (TPSA) is 3.24 Å². The molecule has 1 rings (SSSR count). The summed E-state index contributed by atoms with van der Waals surface area (Å²) in [4.78, 5) is -3.79. The number of benzene rings is 1. The fraction of sp³-hybridized carbons (Fsp3) is 0.571. The van der Waals surface area contributed by atoms with Crippen LogP contribution in [0.3, 0.4) is 0 Å². The van der Waals surface area contributed by atoms with E-state index >= 15 is 0 Å². The molecule has 0 saturated carbocycles. The Morgan fingerprint density at radius 1 is 0.364 bits per heavy atom. The van der Waals surface area contributed by atoms with Gasteiger partial charge in [0, 0.05) is 5.69 Å². The third-order valence-corrected chi connectivity index (χ3v) is 4.15. The van der Waals surface area contributed by atoms with Crippen molar-refractivity contribution in [1.82, 2.24) is 0 Å². The Morgan fingerprint density at radius 3 is 0.758 bits per heavy atom. The summed E-state index contributed by atoms with van der Waals surface area (Å²) < 4.78 is 241. The molecule has 0 aliphatic carbocycles. The minimum absolute atomic E-state index is 0.0180. The Bertz CT molecular complexity index is 681. The second-order valence-electron chi connectivity index (χ2n) is 6.08. The highest BCUT2D eigenvalue weighted by molar-refractivity contribution is 5.57. The fourth-order valence-corrected chi connectivity index (χ4v) is 2.94. The molecule has 0 saturated heterocycles. The third kappa shape index (κ3) is 4.00. The van der Waals surface area contributed by atoms with Crippen LogP contribution in [0.1, 0.15) is 0 Å². The monoisotopic (exact) mass is 529 g/mol. The van der Waals surface area contributed by atoms with Crippen LogP contribution in [0.15, 0.2) is 30.3 Å². The van der Waals surface area contributed by atoms with Crippen molar-refractivity contribution in [2.45, 2.75) is 48.1 Å². The van der Waals surface area contributed by atoms with Gasteiger partial charge in [-0.1, -0.05) is 18.2 Å². The Morgan fingerprint density at radius 2 is 0.576 bits per heavy atom. The van der Waals surface area contributed by atoms with Gasteiger partial charge in [-0.25, -0.2) is 0 Å². The van der Waals surface area contributed by atoms with E-state index in [1.165, 1.54) is 0 Å². The van der Waals surface area contributed by atoms with Crippen LogP contribution in [-0.4, -0.2) is 48.1 Å². The number of hydrogen-bond donors (Lipinski definition) is 0. The van der Waals surface area contributed by atoms with Gasteiger partial charge in [-0.2, -0.15) is 79.0 Å². The van der Waals surface area contributed by atoms with Crippen LogP contribution in [0.25, 0.3) is 0 Å². The molecule has 0 unspecified atom stereocenters. The SMILES string of the molecule is FC(F)(F)C(N(c1ccccc1)C(C(F)(F)F)(C(F)(F)F)C(F)(F)F)(C(F)(F)F)C(F)(F)F. The smallest absolute Gasteiger partial charge is 0.313 e. The lowest BCUT2D eigenvalue weighted by molar-refractivity contribution is -0.422. The summed E-state index contributed by atoms with van der Waals surface area (Å²) >= 11 is 0. The largest absolute Gasteiger partial charge is 0.429 e. The van der Waals surface area contributed by atoms with Gasteiger partial charge >= 0.3 is 48.1 Å². The van der Waals surface area contributed by atoms with Gasteiger partial charge in [0.2, 0.25) is 0 Å². The number of anilines is 1. The van der Waals surface area contributed by atoms with Crippen molar-refractivity contribution in [2.75, 3.05) is 4.90 Å². The third-order valence-electron chi connectivity index (χ3n) is 4.15. The van der Waals surface area contributed by atoms with Gasteiger partial charge in [0.1, 0.15) is 0 Å². The van der Waals surface area contributed by atoms with Crippen molar-refractivity contribution in [1.29, 1.82) is 0 Å². The molecule has 0 radical (unpaired) electrons. The molecule has 0 atom stereocenters. The van der Waals surface area contributed by atoms with Gasteiger partial charge < -0.3 is 4.90 Å². The summed E-state index contributed by atoms with van der Waals surface area (Å²) in [5, 5.41) is 0. The van der Waals surface area contributed by atoms with Crippen LogP contribution in [0, 0.1) is 0 Å². The number of para-hydroxylation sites is 1. The van der Waals surface area contributed by atoms with E-state index in [0.29, 0.717) is 6.07 Å². The molecule has 19 heteroatoms. The summed E-state index contributed by atoms with van der Waals surface area (Å²) in [6.07, 6.45) is -49.5. The summed E-state index contributed by atoms with van der Waals surface area (Å²) in [7, 11) is 0. The van der Waals surface area contributed by atoms with Crippen molar-refractivity contribution < 1.29 is 79.0 Å². The van der Waals surface area contributed by atoms with E-state index in [9.17, 15) is 79.0 Å². The minimum atomic E-state index is -8.34. The number of nitrogens with zero attached hydrogens (tertiary/aromatic N) is 1. The quantitative estimate of drug-likeness (QED) is 0.371. The summed E-state index contributed by atoms with van der Waals surface area (Å²) in [6, 6.07) is -0.783. The van der Waals surface area contributed by atoms with E-state index in [-0.39, 0.29) is 12.1 Å². The second-order valence-corrected chi connectivity index (χ2v) is 6.08. The zero-order valence-corrected chi connectivity index (χ0v) is 14.6. The molecule has 33 heavy (non-hydrogen) atoms. The number of halogens is 18. The molecule has 0 heterocycles. The molecule has 1 aromatic carbocycles. The predicted octanol–water partition coefficient (Wildman–Crippen LogP) is 7.34. The first-order valence-electron chi connectivity index (χ1n) is 7.48. The molecule has 0 N–H and O–H groups in total. The summed E-state index contributed by atoms with van der Waals surface area (Å²) in [5.74, 6) is 0. The highest BCUT2D eigenvalue weighted by Crippen LogP contribution is 2.66. The van der Waals surface area contributed by atoms with Crippen molar-refractivity contribution in [3.05, 3.63) is 30.3 Å². The van der Waals surface area contributed by atoms with Crippen LogP contribution in [-0.2, 0) is 0 Å². The Hall–Kier alpha value is -2.24. The lowest BCUT2D eigenvalue weighted by Crippen LogP contribution is -2.87. The van der Waals surface area contributed by atoms with Crippen LogP contribution < -0.4 is 4.90 Å². The Labute approximate surface area is 169 Å². The lowest BCUT2D eigenvalue weighted by Gasteiger charge is -2.55. The maximum Gasteiger partial charge on any atom is 0.429 e. The van der Waals surface area contributed by atoms with Crippen molar-refractivity contribution in [2.24, 2.45) is 0 Å². The van der Waals surface area contributed by atoms with Gasteiger partial charge in [0.25, 0.3) is 0 Å². The molecule has 0 fully saturated rings. The Balaban J connectivity index is 4.71. The van der Waals surface area contributed by atoms with E-state index in [4.69, 9.17) is 0 Å². The van der Waals surface area contributed by atoms with Crippen LogP contribution in [0.2, 0.25) is 0 Å². The van der Waals surface area contributed by atoms with Gasteiger partial charge in [-0.3, -0.25) is 0 Å². The number of alkyl halides is 18. The standard InChI is InChI=1S/C14H5F18N/c15-9(16,17)7(10(18,19)20,11(21,22)23)33(6-4-2-1-3-5-6)8(12(24,25)26,13(27,28)29)14(30,31)32/h1-5H. The zero-order valence-electron chi connectivity index (χ0n) is 14.6. The Kier molecular flexibility index (Phi) is 6.67. The highest BCUT2D eigenvalue weighted by Gasteiger charge is 2.97. The van der Waals surface area contributed by atoms with Crippen LogP contribution >= 0.6 is 0 Å². The fourth-order valence-electron chi connectivity index (χ4n) is 2.94. The normalized spacial score (nSPS) is 15.6. The molecule has 0 bridgehead atoms. The number of rotatable bonds is 3. The molecule has 0 amide bonds. The maximum atomic E-state index is 13.4. The van der Waals surface area contributed by atoms with E-state index in [2.05, 4.69) is 0 Å². The van der Waals surface area contributed by atoms with E-state index < -0.39 is 70.9 Å². The first kappa shape index (κ1) is 28.8. The van der Waals surface area contributed by atoms with Gasteiger partial charge in [-0.15, -0.1) is 0 Å². The number of hydrogen-bond acceptors (Lipinski definition) is 1. The summed E-state index contributed by atoms with van der Waals surface area (Å²) in [5.41, 5.74) is -19.7.